The third-order valence-corrected chi connectivity index (χ3v) is 8.94. The molecule has 1 radical (unpaired) electrons. The zero-order valence-electron chi connectivity index (χ0n) is 6.99. The molecule has 0 aliphatic rings. The van der Waals surface area contributed by atoms with Crippen LogP contribution < -0.4 is 0 Å². The Bertz CT molecular complexity index is 95.1. The van der Waals surface area contributed by atoms with E-state index in [0.717, 1.165) is 0 Å². The quantitative estimate of drug-likeness (QED) is 0.553. The van der Waals surface area contributed by atoms with Crippen molar-refractivity contribution in [2.24, 2.45) is 0 Å². The van der Waals surface area contributed by atoms with Crippen LogP contribution in [0.15, 0.2) is 12.3 Å². The molecule has 0 aromatic carbocycles. The van der Waals surface area contributed by atoms with E-state index >= 15 is 0 Å². The summed E-state index contributed by atoms with van der Waals surface area (Å²) >= 11 is 0. The van der Waals surface area contributed by atoms with E-state index in [-0.39, 0.29) is 8.80 Å². The Morgan fingerprint density at radius 1 is 1.44 bits per heavy atom. The van der Waals surface area contributed by atoms with Crippen LogP contribution in [0.2, 0.25) is 31.9 Å². The van der Waals surface area contributed by atoms with Crippen LogP contribution in [0, 0.1) is 0 Å². The van der Waals surface area contributed by atoms with E-state index in [1.807, 2.05) is 0 Å². The van der Waals surface area contributed by atoms with Gasteiger partial charge >= 0.3 is 0 Å². The molecule has 0 aliphatic carbocycles. The highest BCUT2D eigenvalue weighted by molar-refractivity contribution is 6.91. The Morgan fingerprint density at radius 2 is 1.89 bits per heavy atom. The van der Waals surface area contributed by atoms with Gasteiger partial charge in [0.1, 0.15) is 0 Å². The molecular formula is C7H17Si2. The SMILES string of the molecule is C=C[Si](C)(C)C[Si](C)C. The summed E-state index contributed by atoms with van der Waals surface area (Å²) in [6.07, 6.45) is 0. The molecule has 0 heterocycles. The van der Waals surface area contributed by atoms with E-state index in [1.165, 1.54) is 5.67 Å². The minimum Gasteiger partial charge on any atom is -0.107 e. The molecule has 0 atom stereocenters. The highest BCUT2D eigenvalue weighted by Crippen LogP contribution is 2.11. The molecule has 0 saturated heterocycles. The van der Waals surface area contributed by atoms with Gasteiger partial charge in [-0.25, -0.2) is 0 Å². The third-order valence-electron chi connectivity index (χ3n) is 1.36. The average molecular weight is 157 g/mol. The van der Waals surface area contributed by atoms with Crippen LogP contribution in [0.25, 0.3) is 0 Å². The molecule has 0 bridgehead atoms. The Hall–Kier alpha value is 0.174. The first kappa shape index (κ1) is 9.17. The van der Waals surface area contributed by atoms with Crippen LogP contribution in [0.4, 0.5) is 0 Å². The number of rotatable bonds is 3. The van der Waals surface area contributed by atoms with E-state index < -0.39 is 8.07 Å². The van der Waals surface area contributed by atoms with Gasteiger partial charge < -0.3 is 0 Å². The van der Waals surface area contributed by atoms with Crippen molar-refractivity contribution in [3.05, 3.63) is 12.3 Å². The van der Waals surface area contributed by atoms with E-state index in [2.05, 4.69) is 38.5 Å². The normalized spacial score (nSPS) is 12.1. The lowest BCUT2D eigenvalue weighted by atomic mass is 11.3. The van der Waals surface area contributed by atoms with Gasteiger partial charge in [0.2, 0.25) is 0 Å². The van der Waals surface area contributed by atoms with Crippen LogP contribution in [0.1, 0.15) is 0 Å². The fourth-order valence-electron chi connectivity index (χ4n) is 0.983. The van der Waals surface area contributed by atoms with Crippen molar-refractivity contribution < 1.29 is 0 Å². The maximum absolute atomic E-state index is 3.86. The molecule has 0 N–H and O–H groups in total. The van der Waals surface area contributed by atoms with Gasteiger partial charge in [-0.05, 0) is 0 Å². The van der Waals surface area contributed by atoms with Gasteiger partial charge in [0.25, 0.3) is 0 Å². The van der Waals surface area contributed by atoms with Gasteiger partial charge in [0.05, 0.1) is 8.07 Å². The molecule has 0 nitrogen and oxygen atoms in total. The van der Waals surface area contributed by atoms with E-state index in [9.17, 15) is 0 Å². The summed E-state index contributed by atoms with van der Waals surface area (Å²) < 4.78 is 0. The molecule has 0 amide bonds. The first-order valence-electron chi connectivity index (χ1n) is 3.40. The summed E-state index contributed by atoms with van der Waals surface area (Å²) in [5.74, 6) is 0. The largest absolute Gasteiger partial charge is 0.107 e. The van der Waals surface area contributed by atoms with Gasteiger partial charge in [-0.3, -0.25) is 0 Å². The summed E-state index contributed by atoms with van der Waals surface area (Å²) in [5.41, 5.74) is 3.67. The second-order valence-corrected chi connectivity index (χ2v) is 11.8. The standard InChI is InChI=1S/C7H17Si2/c1-6-9(4,5)7-8(2)3/h6H,1,7H2,2-5H3. The van der Waals surface area contributed by atoms with Crippen molar-refractivity contribution in [3.63, 3.8) is 0 Å². The zero-order valence-corrected chi connectivity index (χ0v) is 8.99. The Balaban J connectivity index is 3.71. The van der Waals surface area contributed by atoms with Crippen LogP contribution in [-0.2, 0) is 0 Å². The molecular weight excluding hydrogens is 140 g/mol. The van der Waals surface area contributed by atoms with E-state index in [4.69, 9.17) is 0 Å². The van der Waals surface area contributed by atoms with Gasteiger partial charge in [0.15, 0.2) is 0 Å². The van der Waals surface area contributed by atoms with E-state index in [0.29, 0.717) is 0 Å². The lowest BCUT2D eigenvalue weighted by molar-refractivity contribution is 1.63. The van der Waals surface area contributed by atoms with Gasteiger partial charge in [-0.2, -0.15) is 0 Å². The molecule has 53 valence electrons. The molecule has 0 saturated carbocycles. The Morgan fingerprint density at radius 3 is 2.00 bits per heavy atom. The fraction of sp³-hybridized carbons (Fsp3) is 0.714. The third kappa shape index (κ3) is 4.66. The Kier molecular flexibility index (Phi) is 3.43. The predicted octanol–water partition coefficient (Wildman–Crippen LogP) is 2.71. The second-order valence-electron chi connectivity index (χ2n) is 3.58. The monoisotopic (exact) mass is 157 g/mol. The maximum atomic E-state index is 3.86. The average Bonchev–Trinajstić information content (AvgIpc) is 1.63. The minimum absolute atomic E-state index is 0.0133. The molecule has 0 spiro atoms. The summed E-state index contributed by atoms with van der Waals surface area (Å²) in [4.78, 5) is 0. The van der Waals surface area contributed by atoms with Crippen LogP contribution in [0.3, 0.4) is 0 Å². The molecule has 2 heteroatoms. The number of hydrogen-bond donors (Lipinski definition) is 0. The van der Waals surface area contributed by atoms with Gasteiger partial charge in [-0.15, -0.1) is 12.3 Å². The molecule has 0 aromatic rings. The molecule has 0 aromatic heterocycles. The summed E-state index contributed by atoms with van der Waals surface area (Å²) in [6.45, 7) is 13.4. The summed E-state index contributed by atoms with van der Waals surface area (Å²) in [6, 6.07) is 0. The lowest BCUT2D eigenvalue weighted by Crippen LogP contribution is -2.27. The van der Waals surface area contributed by atoms with Gasteiger partial charge in [0, 0.05) is 8.80 Å². The molecule has 0 aliphatic heterocycles. The highest BCUT2D eigenvalue weighted by Gasteiger charge is 2.17. The number of hydrogen-bond acceptors (Lipinski definition) is 0. The fourth-order valence-corrected chi connectivity index (χ4v) is 8.85. The van der Waals surface area contributed by atoms with Gasteiger partial charge in [-0.1, -0.05) is 31.9 Å². The van der Waals surface area contributed by atoms with Crippen molar-refractivity contribution in [1.29, 1.82) is 0 Å². The first-order valence-corrected chi connectivity index (χ1v) is 9.40. The lowest BCUT2D eigenvalue weighted by Gasteiger charge is -2.18. The maximum Gasteiger partial charge on any atom is 0.0682 e. The van der Waals surface area contributed by atoms with E-state index in [1.54, 1.807) is 0 Å². The smallest absolute Gasteiger partial charge is 0.0682 e. The topological polar surface area (TPSA) is 0 Å². The van der Waals surface area contributed by atoms with Crippen LogP contribution in [-0.4, -0.2) is 16.9 Å². The van der Waals surface area contributed by atoms with Crippen LogP contribution >= 0.6 is 0 Å². The van der Waals surface area contributed by atoms with Crippen molar-refractivity contribution in [3.8, 4) is 0 Å². The first-order chi connectivity index (χ1) is 3.98. The van der Waals surface area contributed by atoms with Crippen molar-refractivity contribution in [2.75, 3.05) is 0 Å². The summed E-state index contributed by atoms with van der Waals surface area (Å²) in [7, 11) is -0.944. The van der Waals surface area contributed by atoms with Crippen molar-refractivity contribution in [1.82, 2.24) is 0 Å². The second kappa shape index (κ2) is 3.37. The van der Waals surface area contributed by atoms with Crippen molar-refractivity contribution >= 4 is 16.9 Å². The molecule has 0 fully saturated rings. The zero-order chi connectivity index (χ0) is 7.49. The molecule has 0 unspecified atom stereocenters. The van der Waals surface area contributed by atoms with Crippen molar-refractivity contribution in [2.45, 2.75) is 31.9 Å². The summed E-state index contributed by atoms with van der Waals surface area (Å²) in [5, 5.41) is 0. The minimum atomic E-state index is -0.931. The molecule has 9 heavy (non-hydrogen) atoms. The highest BCUT2D eigenvalue weighted by atomic mass is 28.4. The Labute approximate surface area is 61.6 Å². The van der Waals surface area contributed by atoms with Crippen LogP contribution in [0.5, 0.6) is 0 Å². The predicted molar refractivity (Wildman–Crippen MR) is 50.0 cm³/mol. The molecule has 0 rings (SSSR count).